The molecule has 0 bridgehead atoms. The first-order chi connectivity index (χ1) is 9.56. The van der Waals surface area contributed by atoms with Crippen molar-refractivity contribution in [2.24, 2.45) is 0 Å². The summed E-state index contributed by atoms with van der Waals surface area (Å²) in [5.41, 5.74) is 1.79. The maximum absolute atomic E-state index is 5.77. The number of halogens is 3. The molecule has 0 fully saturated rings. The van der Waals surface area contributed by atoms with E-state index in [2.05, 4.69) is 6.92 Å². The molecule has 20 heavy (non-hydrogen) atoms. The van der Waals surface area contributed by atoms with Crippen molar-refractivity contribution in [2.75, 3.05) is 0 Å². The van der Waals surface area contributed by atoms with Crippen LogP contribution in [0.2, 0.25) is 0 Å². The van der Waals surface area contributed by atoms with Crippen LogP contribution in [0.3, 0.4) is 0 Å². The average molecular weight is 358 g/mol. The molecule has 0 unspecified atom stereocenters. The zero-order chi connectivity index (χ0) is 15.1. The van der Waals surface area contributed by atoms with Crippen molar-refractivity contribution in [3.63, 3.8) is 0 Å². The van der Waals surface area contributed by atoms with Crippen LogP contribution in [0.4, 0.5) is 0 Å². The molecule has 0 aliphatic heterocycles. The molecule has 0 aliphatic rings. The van der Waals surface area contributed by atoms with Gasteiger partial charge in [-0.05, 0) is 12.8 Å². The van der Waals surface area contributed by atoms with E-state index in [0.29, 0.717) is 0 Å². The van der Waals surface area contributed by atoms with E-state index in [4.69, 9.17) is 33.2 Å². The van der Waals surface area contributed by atoms with Crippen LogP contribution in [0.1, 0.15) is 90.4 Å². The van der Waals surface area contributed by atoms with Gasteiger partial charge in [-0.3, -0.25) is 0 Å². The minimum atomic E-state index is -2.52. The van der Waals surface area contributed by atoms with Crippen LogP contribution in [-0.2, 0) is 0 Å². The van der Waals surface area contributed by atoms with Crippen molar-refractivity contribution in [2.45, 2.75) is 90.4 Å². The number of rotatable bonds is 14. The first-order valence-corrected chi connectivity index (χ1v) is 13.4. The fourth-order valence-electron chi connectivity index (χ4n) is 2.32. The summed E-state index contributed by atoms with van der Waals surface area (Å²) in [6.45, 7) is 2.27. The SMILES string of the molecule is CCCCCCCCCCCCCC/C=C/[Si](Cl)(Cl)Cl. The maximum Gasteiger partial charge on any atom is 0.365 e. The van der Waals surface area contributed by atoms with E-state index in [1.807, 2.05) is 6.08 Å². The van der Waals surface area contributed by atoms with Crippen molar-refractivity contribution in [1.29, 1.82) is 0 Å². The van der Waals surface area contributed by atoms with E-state index in [1.165, 1.54) is 77.0 Å². The molecule has 0 radical (unpaired) electrons. The van der Waals surface area contributed by atoms with Gasteiger partial charge in [0.1, 0.15) is 0 Å². The lowest BCUT2D eigenvalue weighted by molar-refractivity contribution is 0.545. The topological polar surface area (TPSA) is 0 Å². The molecule has 0 saturated carbocycles. The Balaban J connectivity index is 3.08. The lowest BCUT2D eigenvalue weighted by atomic mass is 10.0. The van der Waals surface area contributed by atoms with Gasteiger partial charge in [0, 0.05) is 0 Å². The molecule has 0 rings (SSSR count). The Morgan fingerprint density at radius 1 is 0.650 bits per heavy atom. The first-order valence-electron chi connectivity index (χ1n) is 8.30. The van der Waals surface area contributed by atoms with Gasteiger partial charge < -0.3 is 0 Å². The Kier molecular flexibility index (Phi) is 15.4. The van der Waals surface area contributed by atoms with Crippen LogP contribution < -0.4 is 0 Å². The third kappa shape index (κ3) is 18.8. The smallest absolute Gasteiger partial charge is 0.121 e. The van der Waals surface area contributed by atoms with E-state index >= 15 is 0 Å². The molecule has 0 heterocycles. The van der Waals surface area contributed by atoms with E-state index in [9.17, 15) is 0 Å². The van der Waals surface area contributed by atoms with Crippen LogP contribution in [0, 0.1) is 0 Å². The van der Waals surface area contributed by atoms with Crippen molar-refractivity contribution in [3.05, 3.63) is 11.8 Å². The van der Waals surface area contributed by atoms with Crippen molar-refractivity contribution >= 4 is 39.2 Å². The Morgan fingerprint density at radius 2 is 1.05 bits per heavy atom. The van der Waals surface area contributed by atoms with Gasteiger partial charge in [-0.15, -0.1) is 33.2 Å². The summed E-state index contributed by atoms with van der Waals surface area (Å²) < 4.78 is 0. The van der Waals surface area contributed by atoms with E-state index < -0.39 is 6.00 Å². The predicted octanol–water partition coefficient (Wildman–Crippen LogP) is 7.83. The molecule has 0 N–H and O–H groups in total. The maximum atomic E-state index is 5.77. The van der Waals surface area contributed by atoms with Crippen molar-refractivity contribution in [1.82, 2.24) is 0 Å². The Bertz CT molecular complexity index is 224. The fourth-order valence-corrected chi connectivity index (χ4v) is 3.56. The normalized spacial score (nSPS) is 12.4. The molecule has 0 atom stereocenters. The van der Waals surface area contributed by atoms with Crippen LogP contribution >= 0.6 is 33.2 Å². The summed E-state index contributed by atoms with van der Waals surface area (Å²) in [7, 11) is 0. The van der Waals surface area contributed by atoms with Gasteiger partial charge in [-0.1, -0.05) is 89.3 Å². The summed E-state index contributed by atoms with van der Waals surface area (Å²) in [6, 6.07) is -2.52. The second kappa shape index (κ2) is 14.8. The van der Waals surface area contributed by atoms with Gasteiger partial charge >= 0.3 is 6.00 Å². The summed E-state index contributed by atoms with van der Waals surface area (Å²) >= 11 is 17.3. The molecule has 0 aromatic carbocycles. The second-order valence-corrected chi connectivity index (χ2v) is 14.1. The highest BCUT2D eigenvalue weighted by Crippen LogP contribution is 2.21. The van der Waals surface area contributed by atoms with Gasteiger partial charge in [0.15, 0.2) is 0 Å². The van der Waals surface area contributed by atoms with Crippen LogP contribution in [0.5, 0.6) is 0 Å². The van der Waals surface area contributed by atoms with Crippen molar-refractivity contribution < 1.29 is 0 Å². The average Bonchev–Trinajstić information content (AvgIpc) is 2.38. The van der Waals surface area contributed by atoms with Gasteiger partial charge in [0.2, 0.25) is 0 Å². The number of hydrogen-bond acceptors (Lipinski definition) is 0. The Labute approximate surface area is 141 Å². The van der Waals surface area contributed by atoms with Crippen molar-refractivity contribution in [3.8, 4) is 0 Å². The van der Waals surface area contributed by atoms with Gasteiger partial charge in [0.05, 0.1) is 0 Å². The number of hydrogen-bond donors (Lipinski definition) is 0. The molecular weight excluding hydrogens is 327 g/mol. The van der Waals surface area contributed by atoms with Crippen LogP contribution in [-0.4, -0.2) is 6.00 Å². The van der Waals surface area contributed by atoms with Gasteiger partial charge in [0.25, 0.3) is 0 Å². The Hall–Kier alpha value is 0.827. The lowest BCUT2D eigenvalue weighted by Crippen LogP contribution is -2.02. The zero-order valence-electron chi connectivity index (χ0n) is 13.0. The van der Waals surface area contributed by atoms with Crippen LogP contribution in [0.25, 0.3) is 0 Å². The number of unbranched alkanes of at least 4 members (excludes halogenated alkanes) is 12. The standard InChI is InChI=1S/C16H31Cl3Si/c1-2-3-4-5-6-7-8-9-10-11-12-13-14-15-16-20(17,18)19/h15-16H,2-14H2,1H3/b16-15+. The summed E-state index contributed by atoms with van der Waals surface area (Å²) in [4.78, 5) is 0. The monoisotopic (exact) mass is 356 g/mol. The molecule has 0 aromatic rings. The minimum absolute atomic E-state index is 1.05. The zero-order valence-corrected chi connectivity index (χ0v) is 16.2. The molecule has 0 nitrogen and oxygen atoms in total. The molecule has 0 aromatic heterocycles. The summed E-state index contributed by atoms with van der Waals surface area (Å²) in [5.74, 6) is 0. The molecule has 0 amide bonds. The molecule has 0 aliphatic carbocycles. The predicted molar refractivity (Wildman–Crippen MR) is 98.1 cm³/mol. The highest BCUT2D eigenvalue weighted by atomic mass is 35.8. The highest BCUT2D eigenvalue weighted by Gasteiger charge is 2.19. The summed E-state index contributed by atoms with van der Waals surface area (Å²) in [6.07, 6.45) is 19.7. The second-order valence-electron chi connectivity index (χ2n) is 5.62. The lowest BCUT2D eigenvalue weighted by Gasteiger charge is -2.02. The quantitative estimate of drug-likeness (QED) is 0.169. The van der Waals surface area contributed by atoms with Gasteiger partial charge in [-0.2, -0.15) is 0 Å². The summed E-state index contributed by atoms with van der Waals surface area (Å²) in [5, 5.41) is 0. The third-order valence-electron chi connectivity index (χ3n) is 3.53. The fraction of sp³-hybridized carbons (Fsp3) is 0.875. The molecule has 0 spiro atoms. The van der Waals surface area contributed by atoms with Crippen LogP contribution in [0.15, 0.2) is 11.8 Å². The minimum Gasteiger partial charge on any atom is -0.121 e. The van der Waals surface area contributed by atoms with E-state index in [0.717, 1.165) is 6.42 Å². The molecule has 0 saturated heterocycles. The van der Waals surface area contributed by atoms with E-state index in [-0.39, 0.29) is 0 Å². The van der Waals surface area contributed by atoms with E-state index in [1.54, 1.807) is 5.70 Å². The largest absolute Gasteiger partial charge is 0.365 e. The highest BCUT2D eigenvalue weighted by molar-refractivity contribution is 7.66. The Morgan fingerprint density at radius 3 is 1.45 bits per heavy atom. The third-order valence-corrected chi connectivity index (χ3v) is 5.28. The first kappa shape index (κ1) is 20.8. The number of allylic oxidation sites excluding steroid dienone is 1. The molecular formula is C16H31Cl3Si. The molecule has 120 valence electrons. The molecule has 4 heteroatoms. The van der Waals surface area contributed by atoms with Gasteiger partial charge in [-0.25, -0.2) is 0 Å².